The number of hydrogen-bond donors (Lipinski definition) is 2. The topological polar surface area (TPSA) is 73.0 Å². The molecule has 0 bridgehead atoms. The van der Waals surface area contributed by atoms with Gasteiger partial charge in [0.25, 0.3) is 0 Å². The minimum Gasteiger partial charge on any atom is -0.509 e. The van der Waals surface area contributed by atoms with E-state index in [1.165, 1.54) is 5.56 Å². The molecule has 1 aliphatic carbocycles. The van der Waals surface area contributed by atoms with Gasteiger partial charge in [0.15, 0.2) is 0 Å². The molecule has 3 N–H and O–H groups in total. The molecule has 1 atom stereocenters. The van der Waals surface area contributed by atoms with Gasteiger partial charge in [-0.3, -0.25) is 9.69 Å². The third kappa shape index (κ3) is 5.48. The number of carbonyl (C=O) groups excluding carboxylic acids is 1. The van der Waals surface area contributed by atoms with E-state index in [9.17, 15) is 9.90 Å². The Hall–Kier alpha value is -2.67. The lowest BCUT2D eigenvalue weighted by molar-refractivity contribution is -0.130. The summed E-state index contributed by atoms with van der Waals surface area (Å²) in [5, 5.41) is 11.6. The summed E-state index contributed by atoms with van der Waals surface area (Å²) in [5.74, 6) is 5.63. The minimum atomic E-state index is -0.279. The maximum atomic E-state index is 12.6. The molecule has 1 heterocycles. The predicted molar refractivity (Wildman–Crippen MR) is 120 cm³/mol. The fourth-order valence-corrected chi connectivity index (χ4v) is 3.90. The molecule has 2 aliphatic rings. The van der Waals surface area contributed by atoms with Gasteiger partial charge in [-0.25, -0.2) is 10.9 Å². The first-order valence-corrected chi connectivity index (χ1v) is 10.5. The Morgan fingerprint density at radius 3 is 2.50 bits per heavy atom. The number of allylic oxidation sites excluding steroid dienone is 4. The van der Waals surface area contributed by atoms with Crippen molar-refractivity contribution >= 4 is 5.91 Å². The third-order valence-electron chi connectivity index (χ3n) is 5.78. The molecule has 30 heavy (non-hydrogen) atoms. The molecular formula is C24H32N4O2. The molecule has 0 aromatic heterocycles. The van der Waals surface area contributed by atoms with Gasteiger partial charge in [-0.2, -0.15) is 0 Å². The number of hydrazine groups is 1. The number of aliphatic hydroxyl groups is 1. The number of carbonyl (C=O) groups is 1. The zero-order valence-electron chi connectivity index (χ0n) is 17.5. The molecule has 1 amide bonds. The summed E-state index contributed by atoms with van der Waals surface area (Å²) in [4.78, 5) is 17.4. The van der Waals surface area contributed by atoms with Gasteiger partial charge in [-0.1, -0.05) is 49.1 Å². The van der Waals surface area contributed by atoms with Crippen molar-refractivity contribution < 1.29 is 9.90 Å². The highest BCUT2D eigenvalue weighted by atomic mass is 16.3. The number of rotatable bonds is 8. The van der Waals surface area contributed by atoms with Crippen LogP contribution in [0, 0.1) is 5.92 Å². The first kappa shape index (κ1) is 22.0. The monoisotopic (exact) mass is 408 g/mol. The Kier molecular flexibility index (Phi) is 7.63. The fraction of sp³-hybridized carbons (Fsp3) is 0.375. The molecular weight excluding hydrogens is 376 g/mol. The van der Waals surface area contributed by atoms with Gasteiger partial charge in [0, 0.05) is 51.6 Å². The predicted octanol–water partition coefficient (Wildman–Crippen LogP) is 2.98. The van der Waals surface area contributed by atoms with Gasteiger partial charge in [0.05, 0.1) is 5.70 Å². The van der Waals surface area contributed by atoms with Crippen molar-refractivity contribution in [1.29, 1.82) is 0 Å². The number of piperazine rings is 1. The average Bonchev–Trinajstić information content (AvgIpc) is 2.76. The number of hydrogen-bond acceptors (Lipinski definition) is 5. The fourth-order valence-electron chi connectivity index (χ4n) is 3.90. The molecule has 1 unspecified atom stereocenters. The standard InChI is InChI=1S/C24H32N4O2/c1-3-7-21-19(2)10-11-22(24(21)30)28(25)23(29)12-13-26-14-16-27(17-15-26)18-20-8-5-4-6-9-20/h3-6,8-11,21,30H,1-2,7,12-18,25H2. The summed E-state index contributed by atoms with van der Waals surface area (Å²) < 4.78 is 0. The molecule has 0 spiro atoms. The number of nitrogens with zero attached hydrogens (tertiary/aromatic N) is 3. The highest BCUT2D eigenvalue weighted by molar-refractivity contribution is 5.78. The molecule has 6 heteroatoms. The Balaban J connectivity index is 1.47. The molecule has 1 aromatic rings. The van der Waals surface area contributed by atoms with Crippen molar-refractivity contribution in [2.75, 3.05) is 32.7 Å². The van der Waals surface area contributed by atoms with E-state index < -0.39 is 0 Å². The lowest BCUT2D eigenvalue weighted by Gasteiger charge is -2.35. The highest BCUT2D eigenvalue weighted by Crippen LogP contribution is 2.30. The van der Waals surface area contributed by atoms with E-state index in [0.717, 1.165) is 43.3 Å². The van der Waals surface area contributed by atoms with Crippen LogP contribution in [0.25, 0.3) is 0 Å². The molecule has 1 saturated heterocycles. The van der Waals surface area contributed by atoms with E-state index in [1.807, 2.05) is 6.07 Å². The highest BCUT2D eigenvalue weighted by Gasteiger charge is 2.26. The van der Waals surface area contributed by atoms with Crippen molar-refractivity contribution in [1.82, 2.24) is 14.8 Å². The van der Waals surface area contributed by atoms with Crippen molar-refractivity contribution in [3.63, 3.8) is 0 Å². The second kappa shape index (κ2) is 10.4. The summed E-state index contributed by atoms with van der Waals surface area (Å²) in [7, 11) is 0. The molecule has 6 nitrogen and oxygen atoms in total. The number of aliphatic hydroxyl groups excluding tert-OH is 1. The third-order valence-corrected chi connectivity index (χ3v) is 5.78. The molecule has 3 rings (SSSR count). The molecule has 0 saturated carbocycles. The second-order valence-electron chi connectivity index (χ2n) is 7.87. The summed E-state index contributed by atoms with van der Waals surface area (Å²) >= 11 is 0. The molecule has 1 aliphatic heterocycles. The molecule has 160 valence electrons. The van der Waals surface area contributed by atoms with Gasteiger partial charge in [-0.15, -0.1) is 6.58 Å². The Bertz CT molecular complexity index is 823. The van der Waals surface area contributed by atoms with Crippen LogP contribution in [0.5, 0.6) is 0 Å². The summed E-state index contributed by atoms with van der Waals surface area (Å²) in [6.07, 6.45) is 6.03. The van der Waals surface area contributed by atoms with Crippen LogP contribution in [-0.2, 0) is 11.3 Å². The van der Waals surface area contributed by atoms with Crippen LogP contribution in [0.2, 0.25) is 0 Å². The summed E-state index contributed by atoms with van der Waals surface area (Å²) in [6, 6.07) is 10.5. The number of amides is 1. The zero-order valence-corrected chi connectivity index (χ0v) is 17.5. The van der Waals surface area contributed by atoms with E-state index in [4.69, 9.17) is 5.84 Å². The van der Waals surface area contributed by atoms with Crippen molar-refractivity contribution in [3.05, 3.63) is 84.3 Å². The van der Waals surface area contributed by atoms with E-state index in [1.54, 1.807) is 18.2 Å². The van der Waals surface area contributed by atoms with E-state index in [0.29, 0.717) is 25.1 Å². The Morgan fingerprint density at radius 2 is 1.83 bits per heavy atom. The maximum absolute atomic E-state index is 12.6. The second-order valence-corrected chi connectivity index (χ2v) is 7.87. The van der Waals surface area contributed by atoms with Crippen molar-refractivity contribution in [2.24, 2.45) is 11.8 Å². The van der Waals surface area contributed by atoms with Crippen LogP contribution >= 0.6 is 0 Å². The Morgan fingerprint density at radius 1 is 1.17 bits per heavy atom. The van der Waals surface area contributed by atoms with Gasteiger partial charge >= 0.3 is 0 Å². The van der Waals surface area contributed by atoms with Gasteiger partial charge < -0.3 is 10.0 Å². The quantitative estimate of drug-likeness (QED) is 0.299. The van der Waals surface area contributed by atoms with E-state index in [2.05, 4.69) is 47.2 Å². The minimum absolute atomic E-state index is 0.0766. The van der Waals surface area contributed by atoms with Crippen LogP contribution < -0.4 is 5.84 Å². The largest absolute Gasteiger partial charge is 0.509 e. The van der Waals surface area contributed by atoms with Crippen LogP contribution in [0.4, 0.5) is 0 Å². The Labute approximate surface area is 179 Å². The van der Waals surface area contributed by atoms with Crippen LogP contribution in [0.3, 0.4) is 0 Å². The van der Waals surface area contributed by atoms with Crippen LogP contribution in [0.1, 0.15) is 18.4 Å². The normalized spacial score (nSPS) is 20.4. The summed E-state index contributed by atoms with van der Waals surface area (Å²) in [5.41, 5.74) is 2.45. The van der Waals surface area contributed by atoms with Gasteiger partial charge in [0.1, 0.15) is 5.76 Å². The van der Waals surface area contributed by atoms with Crippen molar-refractivity contribution in [3.8, 4) is 0 Å². The zero-order chi connectivity index (χ0) is 21.5. The smallest absolute Gasteiger partial charge is 0.242 e. The summed E-state index contributed by atoms with van der Waals surface area (Å²) in [6.45, 7) is 13.1. The maximum Gasteiger partial charge on any atom is 0.242 e. The molecule has 1 aromatic carbocycles. The van der Waals surface area contributed by atoms with Gasteiger partial charge in [0.2, 0.25) is 5.91 Å². The van der Waals surface area contributed by atoms with Gasteiger partial charge in [-0.05, 0) is 23.6 Å². The van der Waals surface area contributed by atoms with Crippen LogP contribution in [0.15, 0.2) is 78.7 Å². The molecule has 0 radical (unpaired) electrons. The molecule has 1 fully saturated rings. The average molecular weight is 409 g/mol. The SMILES string of the molecule is C=CCC1C(=C)C=CC(N(N)C(=O)CCN2CCN(Cc3ccccc3)CC2)=C1O. The lowest BCUT2D eigenvalue weighted by Crippen LogP contribution is -2.47. The lowest BCUT2D eigenvalue weighted by atomic mass is 9.89. The number of nitrogens with two attached hydrogens (primary N) is 1. The van der Waals surface area contributed by atoms with Crippen molar-refractivity contribution in [2.45, 2.75) is 19.4 Å². The van der Waals surface area contributed by atoms with E-state index in [-0.39, 0.29) is 17.6 Å². The first-order chi connectivity index (χ1) is 14.5. The number of benzene rings is 1. The van der Waals surface area contributed by atoms with Crippen LogP contribution in [-0.4, -0.2) is 58.5 Å². The van der Waals surface area contributed by atoms with E-state index >= 15 is 0 Å². The first-order valence-electron chi connectivity index (χ1n) is 10.5.